The molecule has 1 aliphatic rings. The van der Waals surface area contributed by atoms with Crippen LogP contribution in [0.2, 0.25) is 0 Å². The second-order valence-corrected chi connectivity index (χ2v) is 6.53. The highest BCUT2D eigenvalue weighted by atomic mass is 32.2. The number of aliphatic hydroxyl groups is 1. The molecule has 0 saturated heterocycles. The summed E-state index contributed by atoms with van der Waals surface area (Å²) in [5, 5.41) is 8.79. The lowest BCUT2D eigenvalue weighted by molar-refractivity contribution is 0.201. The van der Waals surface area contributed by atoms with E-state index in [4.69, 9.17) is 5.11 Å². The summed E-state index contributed by atoms with van der Waals surface area (Å²) in [4.78, 5) is 0. The van der Waals surface area contributed by atoms with Crippen molar-refractivity contribution >= 4 is 9.84 Å². The van der Waals surface area contributed by atoms with E-state index in [9.17, 15) is 8.42 Å². The van der Waals surface area contributed by atoms with Crippen molar-refractivity contribution in [2.45, 2.75) is 31.9 Å². The van der Waals surface area contributed by atoms with E-state index in [0.717, 1.165) is 6.42 Å². The third-order valence-electron chi connectivity index (χ3n) is 3.15. The SMILES string of the molecule is CCS(=O)(=O)[C@H]1C[C@@H](CO)[C@@H](C)C1. The lowest BCUT2D eigenvalue weighted by Gasteiger charge is -2.09. The van der Waals surface area contributed by atoms with Crippen LogP contribution >= 0.6 is 0 Å². The third kappa shape index (κ3) is 2.23. The van der Waals surface area contributed by atoms with Crippen LogP contribution < -0.4 is 0 Å². The Labute approximate surface area is 80.1 Å². The molecule has 3 nitrogen and oxygen atoms in total. The number of hydrogen-bond acceptors (Lipinski definition) is 3. The van der Waals surface area contributed by atoms with Gasteiger partial charge < -0.3 is 5.11 Å². The minimum absolute atomic E-state index is 0.122. The molecule has 78 valence electrons. The summed E-state index contributed by atoms with van der Waals surface area (Å²) in [5.74, 6) is 0.755. The molecule has 0 aromatic carbocycles. The van der Waals surface area contributed by atoms with E-state index in [1.807, 2.05) is 6.92 Å². The number of sulfone groups is 1. The first-order chi connectivity index (χ1) is 6.01. The molecular formula is C9H18O3S. The van der Waals surface area contributed by atoms with E-state index in [0.29, 0.717) is 12.3 Å². The summed E-state index contributed by atoms with van der Waals surface area (Å²) in [6, 6.07) is 0. The van der Waals surface area contributed by atoms with Crippen molar-refractivity contribution < 1.29 is 13.5 Å². The van der Waals surface area contributed by atoms with Crippen molar-refractivity contribution in [1.29, 1.82) is 0 Å². The van der Waals surface area contributed by atoms with Gasteiger partial charge in [0.25, 0.3) is 0 Å². The van der Waals surface area contributed by atoms with Crippen LogP contribution in [0.25, 0.3) is 0 Å². The summed E-state index contributed by atoms with van der Waals surface area (Å²) in [6.07, 6.45) is 1.37. The Morgan fingerprint density at radius 2 is 2.00 bits per heavy atom. The van der Waals surface area contributed by atoms with E-state index >= 15 is 0 Å². The smallest absolute Gasteiger partial charge is 0.152 e. The maximum absolute atomic E-state index is 11.5. The van der Waals surface area contributed by atoms with E-state index in [1.165, 1.54) is 0 Å². The van der Waals surface area contributed by atoms with Crippen molar-refractivity contribution in [3.05, 3.63) is 0 Å². The van der Waals surface area contributed by atoms with Crippen LogP contribution in [-0.2, 0) is 9.84 Å². The van der Waals surface area contributed by atoms with Gasteiger partial charge in [-0.25, -0.2) is 8.42 Å². The van der Waals surface area contributed by atoms with Crippen LogP contribution in [0.15, 0.2) is 0 Å². The molecule has 1 saturated carbocycles. The molecule has 0 unspecified atom stereocenters. The Morgan fingerprint density at radius 1 is 1.38 bits per heavy atom. The van der Waals surface area contributed by atoms with Crippen LogP contribution in [-0.4, -0.2) is 31.1 Å². The average molecular weight is 206 g/mol. The predicted molar refractivity (Wildman–Crippen MR) is 52.2 cm³/mol. The minimum Gasteiger partial charge on any atom is -0.396 e. The van der Waals surface area contributed by atoms with E-state index in [2.05, 4.69) is 0 Å². The number of hydrogen-bond donors (Lipinski definition) is 1. The van der Waals surface area contributed by atoms with Crippen LogP contribution in [0, 0.1) is 11.8 Å². The van der Waals surface area contributed by atoms with Crippen molar-refractivity contribution in [3.8, 4) is 0 Å². The van der Waals surface area contributed by atoms with Gasteiger partial charge in [0.15, 0.2) is 9.84 Å². The van der Waals surface area contributed by atoms with Crippen molar-refractivity contribution in [1.82, 2.24) is 0 Å². The van der Waals surface area contributed by atoms with E-state index in [1.54, 1.807) is 6.92 Å². The third-order valence-corrected chi connectivity index (χ3v) is 5.36. The van der Waals surface area contributed by atoms with E-state index < -0.39 is 9.84 Å². The maximum atomic E-state index is 11.5. The highest BCUT2D eigenvalue weighted by molar-refractivity contribution is 7.92. The van der Waals surface area contributed by atoms with Gasteiger partial charge in [-0.15, -0.1) is 0 Å². The molecule has 1 N–H and O–H groups in total. The zero-order valence-electron chi connectivity index (χ0n) is 8.23. The minimum atomic E-state index is -2.88. The topological polar surface area (TPSA) is 54.4 Å². The second kappa shape index (κ2) is 3.96. The fourth-order valence-corrected chi connectivity index (χ4v) is 3.67. The highest BCUT2D eigenvalue weighted by Crippen LogP contribution is 2.35. The molecule has 0 amide bonds. The summed E-state index contributed by atoms with van der Waals surface area (Å²) in [7, 11) is -2.88. The molecule has 0 heterocycles. The fraction of sp³-hybridized carbons (Fsp3) is 1.00. The molecule has 4 heteroatoms. The van der Waals surface area contributed by atoms with Crippen molar-refractivity contribution in [2.24, 2.45) is 11.8 Å². The second-order valence-electron chi connectivity index (χ2n) is 3.96. The van der Waals surface area contributed by atoms with Gasteiger partial charge in [-0.1, -0.05) is 13.8 Å². The highest BCUT2D eigenvalue weighted by Gasteiger charge is 2.37. The molecule has 0 bridgehead atoms. The van der Waals surface area contributed by atoms with Gasteiger partial charge in [0.2, 0.25) is 0 Å². The van der Waals surface area contributed by atoms with Gasteiger partial charge in [0.1, 0.15) is 0 Å². The molecule has 0 spiro atoms. The Kier molecular flexibility index (Phi) is 3.35. The quantitative estimate of drug-likeness (QED) is 0.744. The first-order valence-corrected chi connectivity index (χ1v) is 6.55. The first-order valence-electron chi connectivity index (χ1n) is 4.83. The van der Waals surface area contributed by atoms with Gasteiger partial charge in [-0.2, -0.15) is 0 Å². The molecule has 1 aliphatic carbocycles. The van der Waals surface area contributed by atoms with Gasteiger partial charge >= 0.3 is 0 Å². The van der Waals surface area contributed by atoms with Gasteiger partial charge in [-0.3, -0.25) is 0 Å². The van der Waals surface area contributed by atoms with Crippen LogP contribution in [0.4, 0.5) is 0 Å². The van der Waals surface area contributed by atoms with Crippen molar-refractivity contribution in [2.75, 3.05) is 12.4 Å². The summed E-state index contributed by atoms with van der Waals surface area (Å²) in [6.45, 7) is 3.83. The van der Waals surface area contributed by atoms with Gasteiger partial charge in [0, 0.05) is 12.4 Å². The van der Waals surface area contributed by atoms with Gasteiger partial charge in [0.05, 0.1) is 5.25 Å². The molecule has 0 aliphatic heterocycles. The lowest BCUT2D eigenvalue weighted by atomic mass is 10.00. The summed E-state index contributed by atoms with van der Waals surface area (Å²) in [5.41, 5.74) is 0. The Balaban J connectivity index is 2.68. The van der Waals surface area contributed by atoms with Gasteiger partial charge in [-0.05, 0) is 24.7 Å². The predicted octanol–water partition coefficient (Wildman–Crippen LogP) is 0.828. The Bertz CT molecular complexity index is 258. The largest absolute Gasteiger partial charge is 0.396 e. The molecule has 3 atom stereocenters. The molecule has 13 heavy (non-hydrogen) atoms. The van der Waals surface area contributed by atoms with Crippen LogP contribution in [0.1, 0.15) is 26.7 Å². The summed E-state index contributed by atoms with van der Waals surface area (Å²) >= 11 is 0. The first kappa shape index (κ1) is 11.0. The molecule has 0 radical (unpaired) electrons. The van der Waals surface area contributed by atoms with E-state index in [-0.39, 0.29) is 23.5 Å². The molecule has 1 rings (SSSR count). The summed E-state index contributed by atoms with van der Waals surface area (Å²) < 4.78 is 23.1. The molecule has 1 fully saturated rings. The van der Waals surface area contributed by atoms with Crippen LogP contribution in [0.5, 0.6) is 0 Å². The normalized spacial score (nSPS) is 35.2. The standard InChI is InChI=1S/C9H18O3S/c1-3-13(11,12)9-4-7(2)8(5-9)6-10/h7-10H,3-6H2,1-2H3/t7-,8-,9+/m0/s1. The average Bonchev–Trinajstić information content (AvgIpc) is 2.47. The zero-order chi connectivity index (χ0) is 10.1. The molecule has 0 aromatic heterocycles. The lowest BCUT2D eigenvalue weighted by Crippen LogP contribution is -2.20. The molecule has 0 aromatic rings. The Hall–Kier alpha value is -0.0900. The van der Waals surface area contributed by atoms with Crippen LogP contribution in [0.3, 0.4) is 0 Å². The number of rotatable bonds is 3. The Morgan fingerprint density at radius 3 is 2.38 bits per heavy atom. The molecular weight excluding hydrogens is 188 g/mol. The monoisotopic (exact) mass is 206 g/mol. The fourth-order valence-electron chi connectivity index (χ4n) is 2.06. The van der Waals surface area contributed by atoms with Crippen molar-refractivity contribution in [3.63, 3.8) is 0 Å². The number of aliphatic hydroxyl groups excluding tert-OH is 1. The maximum Gasteiger partial charge on any atom is 0.152 e. The zero-order valence-corrected chi connectivity index (χ0v) is 9.05.